The smallest absolute Gasteiger partial charge is 0.121 e. The van der Waals surface area contributed by atoms with E-state index in [0.29, 0.717) is 13.1 Å². The van der Waals surface area contributed by atoms with Crippen LogP contribution in [0.5, 0.6) is 0 Å². The number of pyridine rings is 2. The van der Waals surface area contributed by atoms with Gasteiger partial charge in [0.2, 0.25) is 0 Å². The first-order chi connectivity index (χ1) is 18.7. The van der Waals surface area contributed by atoms with E-state index in [1.807, 2.05) is 62.4 Å². The number of imidazole rings is 1. The summed E-state index contributed by atoms with van der Waals surface area (Å²) in [6.07, 6.45) is 3.88. The van der Waals surface area contributed by atoms with E-state index in [1.165, 1.54) is 16.7 Å². The molecule has 5 rings (SSSR count). The summed E-state index contributed by atoms with van der Waals surface area (Å²) in [4.78, 5) is 22.2. The number of nitrogens with one attached hydrogen (secondary N) is 2. The first-order valence-corrected chi connectivity index (χ1v) is 12.6. The van der Waals surface area contributed by atoms with Crippen LogP contribution >= 0.6 is 0 Å². The highest BCUT2D eigenvalue weighted by Crippen LogP contribution is 2.31. The van der Waals surface area contributed by atoms with E-state index in [9.17, 15) is 0 Å². The molecule has 0 radical (unpaired) electrons. The summed E-state index contributed by atoms with van der Waals surface area (Å²) in [5.74, 6) is 0.816. The van der Waals surface area contributed by atoms with Gasteiger partial charge in [0.1, 0.15) is 11.5 Å². The highest BCUT2D eigenvalue weighted by molar-refractivity contribution is 5.77. The van der Waals surface area contributed by atoms with E-state index in [1.54, 1.807) is 0 Å². The Bertz CT molecular complexity index is 1580. The number of aromatic amines is 1. The van der Waals surface area contributed by atoms with Crippen LogP contribution in [0.25, 0.3) is 40.0 Å². The van der Waals surface area contributed by atoms with Gasteiger partial charge in [0, 0.05) is 12.2 Å². The molecule has 2 aromatic carbocycles. The number of hydrogen-bond acceptors (Lipinski definition) is 5. The SMILES string of the molecule is C=Nc1ccc(-c2[nH]c(CNCc3ccccc3-c3ccccc3)nc2-c2cccc(C)n2)nc1/C=C\C. The van der Waals surface area contributed by atoms with Crippen molar-refractivity contribution < 1.29 is 0 Å². The Morgan fingerprint density at radius 1 is 0.842 bits per heavy atom. The standard InChI is InChI=1S/C32H30N6/c1-4-11-27-26(33-3)18-19-29(36-27)32-31(28-17-10-12-22(2)35-28)37-30(38-32)21-34-20-24-15-8-9-16-25(24)23-13-6-5-7-14-23/h4-19,34H,3,20-21H2,1-2H3,(H,37,38)/b11-4-. The van der Waals surface area contributed by atoms with Gasteiger partial charge in [0.05, 0.1) is 35.0 Å². The largest absolute Gasteiger partial charge is 0.339 e. The zero-order valence-electron chi connectivity index (χ0n) is 21.6. The first-order valence-electron chi connectivity index (χ1n) is 12.6. The molecule has 3 heterocycles. The predicted molar refractivity (Wildman–Crippen MR) is 156 cm³/mol. The highest BCUT2D eigenvalue weighted by Gasteiger charge is 2.17. The molecule has 0 aliphatic carbocycles. The van der Waals surface area contributed by atoms with Crippen LogP contribution in [0.1, 0.15) is 29.7 Å². The Kier molecular flexibility index (Phi) is 7.62. The minimum absolute atomic E-state index is 0.565. The fraction of sp³-hybridized carbons (Fsp3) is 0.125. The Balaban J connectivity index is 1.45. The van der Waals surface area contributed by atoms with Crippen molar-refractivity contribution in [1.29, 1.82) is 0 Å². The monoisotopic (exact) mass is 498 g/mol. The summed E-state index contributed by atoms with van der Waals surface area (Å²) < 4.78 is 0. The average Bonchev–Trinajstić information content (AvgIpc) is 3.38. The molecule has 2 N–H and O–H groups in total. The van der Waals surface area contributed by atoms with Crippen molar-refractivity contribution in [2.45, 2.75) is 26.9 Å². The number of rotatable bonds is 9. The van der Waals surface area contributed by atoms with Crippen molar-refractivity contribution in [2.24, 2.45) is 4.99 Å². The molecule has 0 fully saturated rings. The number of allylic oxidation sites excluding steroid dienone is 1. The van der Waals surface area contributed by atoms with Crippen LogP contribution in [0.2, 0.25) is 0 Å². The predicted octanol–water partition coefficient (Wildman–Crippen LogP) is 7.16. The maximum absolute atomic E-state index is 4.95. The Morgan fingerprint density at radius 2 is 1.66 bits per heavy atom. The fourth-order valence-electron chi connectivity index (χ4n) is 4.46. The Labute approximate surface area is 223 Å². The average molecular weight is 499 g/mol. The van der Waals surface area contributed by atoms with Gasteiger partial charge >= 0.3 is 0 Å². The number of H-pyrrole nitrogens is 1. The van der Waals surface area contributed by atoms with Crippen LogP contribution in [0.15, 0.2) is 96.0 Å². The summed E-state index contributed by atoms with van der Waals surface area (Å²) in [6.45, 7) is 8.89. The topological polar surface area (TPSA) is 78.9 Å². The molecule has 0 bridgehead atoms. The molecule has 188 valence electrons. The van der Waals surface area contributed by atoms with Crippen LogP contribution in [-0.2, 0) is 13.1 Å². The molecule has 0 saturated heterocycles. The van der Waals surface area contributed by atoms with Gasteiger partial charge in [-0.3, -0.25) is 9.98 Å². The number of benzene rings is 2. The van der Waals surface area contributed by atoms with Gasteiger partial charge < -0.3 is 10.3 Å². The van der Waals surface area contributed by atoms with Crippen LogP contribution in [0, 0.1) is 6.92 Å². The number of hydrogen-bond donors (Lipinski definition) is 2. The summed E-state index contributed by atoms with van der Waals surface area (Å²) >= 11 is 0. The number of aryl methyl sites for hydroxylation is 1. The van der Waals surface area contributed by atoms with Crippen LogP contribution in [0.3, 0.4) is 0 Å². The molecule has 6 nitrogen and oxygen atoms in total. The summed E-state index contributed by atoms with van der Waals surface area (Å²) in [6, 6.07) is 28.8. The third-order valence-corrected chi connectivity index (χ3v) is 6.25. The van der Waals surface area contributed by atoms with Gasteiger partial charge in [-0.05, 0) is 67.6 Å². The van der Waals surface area contributed by atoms with E-state index in [2.05, 4.69) is 70.5 Å². The Hall–Kier alpha value is -4.68. The summed E-state index contributed by atoms with van der Waals surface area (Å²) in [5, 5.41) is 3.56. The van der Waals surface area contributed by atoms with Gasteiger partial charge in [-0.2, -0.15) is 0 Å². The van der Waals surface area contributed by atoms with Crippen molar-refractivity contribution in [1.82, 2.24) is 25.3 Å². The lowest BCUT2D eigenvalue weighted by atomic mass is 10.00. The van der Waals surface area contributed by atoms with Gasteiger partial charge in [-0.15, -0.1) is 0 Å². The molecule has 0 amide bonds. The molecule has 0 atom stereocenters. The quantitative estimate of drug-likeness (QED) is 0.211. The molecular weight excluding hydrogens is 468 g/mol. The maximum atomic E-state index is 4.95. The third-order valence-electron chi connectivity index (χ3n) is 6.25. The van der Waals surface area contributed by atoms with E-state index >= 15 is 0 Å². The molecule has 6 heteroatoms. The lowest BCUT2D eigenvalue weighted by Gasteiger charge is -2.10. The van der Waals surface area contributed by atoms with E-state index in [4.69, 9.17) is 15.0 Å². The second-order valence-corrected chi connectivity index (χ2v) is 8.96. The second kappa shape index (κ2) is 11.6. The van der Waals surface area contributed by atoms with Crippen molar-refractivity contribution >= 4 is 18.5 Å². The summed E-state index contributed by atoms with van der Waals surface area (Å²) in [5.41, 5.74) is 9.27. The molecule has 0 saturated carbocycles. The molecule has 38 heavy (non-hydrogen) atoms. The van der Waals surface area contributed by atoms with Crippen LogP contribution in [-0.4, -0.2) is 26.7 Å². The van der Waals surface area contributed by atoms with Crippen LogP contribution in [0.4, 0.5) is 5.69 Å². The minimum Gasteiger partial charge on any atom is -0.339 e. The third kappa shape index (κ3) is 5.51. The van der Waals surface area contributed by atoms with Crippen molar-refractivity contribution in [3.8, 4) is 33.9 Å². The molecule has 3 aromatic heterocycles. The zero-order chi connectivity index (χ0) is 26.3. The number of nitrogens with zero attached hydrogens (tertiary/aromatic N) is 4. The molecule has 0 spiro atoms. The Morgan fingerprint density at radius 3 is 2.45 bits per heavy atom. The van der Waals surface area contributed by atoms with Gasteiger partial charge in [0.15, 0.2) is 0 Å². The molecule has 0 aliphatic rings. The van der Waals surface area contributed by atoms with E-state index in [-0.39, 0.29) is 0 Å². The zero-order valence-corrected chi connectivity index (χ0v) is 21.6. The van der Waals surface area contributed by atoms with Crippen molar-refractivity contribution in [3.05, 3.63) is 114 Å². The van der Waals surface area contributed by atoms with Crippen molar-refractivity contribution in [2.75, 3.05) is 0 Å². The molecule has 0 aliphatic heterocycles. The fourth-order valence-corrected chi connectivity index (χ4v) is 4.46. The van der Waals surface area contributed by atoms with Gasteiger partial charge in [-0.1, -0.05) is 66.7 Å². The number of aromatic nitrogens is 4. The highest BCUT2D eigenvalue weighted by atomic mass is 15.0. The lowest BCUT2D eigenvalue weighted by molar-refractivity contribution is 0.670. The first kappa shape index (κ1) is 25.0. The summed E-state index contributed by atoms with van der Waals surface area (Å²) in [7, 11) is 0. The molecule has 5 aromatic rings. The lowest BCUT2D eigenvalue weighted by Crippen LogP contribution is -2.14. The van der Waals surface area contributed by atoms with Gasteiger partial charge in [0.25, 0.3) is 0 Å². The van der Waals surface area contributed by atoms with Crippen LogP contribution < -0.4 is 5.32 Å². The molecule has 0 unspecified atom stereocenters. The van der Waals surface area contributed by atoms with Gasteiger partial charge in [-0.25, -0.2) is 9.97 Å². The van der Waals surface area contributed by atoms with Crippen molar-refractivity contribution in [3.63, 3.8) is 0 Å². The van der Waals surface area contributed by atoms with E-state index in [0.717, 1.165) is 45.7 Å². The van der Waals surface area contributed by atoms with E-state index < -0.39 is 0 Å². The second-order valence-electron chi connectivity index (χ2n) is 8.96. The normalized spacial score (nSPS) is 11.2. The molecular formula is C32H30N6. The minimum atomic E-state index is 0.565. The number of aliphatic imine (C=N–C) groups is 1. The maximum Gasteiger partial charge on any atom is 0.121 e.